The van der Waals surface area contributed by atoms with Gasteiger partial charge in [0.15, 0.2) is 0 Å². The second-order valence-electron chi connectivity index (χ2n) is 3.44. The molecule has 1 unspecified atom stereocenters. The molecule has 0 spiro atoms. The van der Waals surface area contributed by atoms with E-state index in [1.165, 1.54) is 11.3 Å². The Hall–Kier alpha value is -0.540. The number of anilines is 1. The molecule has 2 rings (SSSR count). The number of rotatable bonds is 2. The molecule has 1 aromatic heterocycles. The molecule has 0 radical (unpaired) electrons. The van der Waals surface area contributed by atoms with Crippen LogP contribution in [0.5, 0.6) is 0 Å². The third-order valence-electron chi connectivity index (χ3n) is 2.59. The first-order valence-electron chi connectivity index (χ1n) is 4.79. The smallest absolute Gasteiger partial charge is 0.227 e. The highest BCUT2D eigenvalue weighted by Crippen LogP contribution is 2.35. The molecule has 0 saturated carbocycles. The molecule has 4 heteroatoms. The highest BCUT2D eigenvalue weighted by Gasteiger charge is 2.31. The second-order valence-corrected chi connectivity index (χ2v) is 5.14. The van der Waals surface area contributed by atoms with Crippen LogP contribution in [0.4, 0.5) is 5.00 Å². The van der Waals surface area contributed by atoms with Gasteiger partial charge < -0.3 is 4.90 Å². The molecule has 1 aliphatic rings. The molecule has 1 fully saturated rings. The van der Waals surface area contributed by atoms with Gasteiger partial charge in [0.25, 0.3) is 0 Å². The number of hydrogen-bond acceptors (Lipinski definition) is 2. The maximum Gasteiger partial charge on any atom is 0.227 e. The third kappa shape index (κ3) is 1.66. The molecular weight excluding hydrogens is 218 g/mol. The van der Waals surface area contributed by atoms with Gasteiger partial charge in [0.05, 0.1) is 9.34 Å². The molecule has 0 bridgehead atoms. The summed E-state index contributed by atoms with van der Waals surface area (Å²) >= 11 is 7.34. The average Bonchev–Trinajstić information content (AvgIpc) is 2.71. The van der Waals surface area contributed by atoms with E-state index < -0.39 is 0 Å². The fourth-order valence-electron chi connectivity index (χ4n) is 1.87. The van der Waals surface area contributed by atoms with Gasteiger partial charge in [0.2, 0.25) is 5.91 Å². The zero-order valence-corrected chi connectivity index (χ0v) is 9.57. The van der Waals surface area contributed by atoms with E-state index in [4.69, 9.17) is 11.6 Å². The Morgan fingerprint density at radius 3 is 3.00 bits per heavy atom. The molecule has 76 valence electrons. The summed E-state index contributed by atoms with van der Waals surface area (Å²) in [6.45, 7) is 2.12. The molecule has 0 aliphatic carbocycles. The van der Waals surface area contributed by atoms with Gasteiger partial charge in [0.1, 0.15) is 0 Å². The van der Waals surface area contributed by atoms with Crippen molar-refractivity contribution in [2.45, 2.75) is 32.2 Å². The zero-order chi connectivity index (χ0) is 10.1. The molecule has 14 heavy (non-hydrogen) atoms. The van der Waals surface area contributed by atoms with Crippen LogP contribution in [0.3, 0.4) is 0 Å². The van der Waals surface area contributed by atoms with Gasteiger partial charge in [-0.2, -0.15) is 0 Å². The lowest BCUT2D eigenvalue weighted by atomic mass is 10.2. The first-order chi connectivity index (χ1) is 6.72. The molecule has 0 N–H and O–H groups in total. The maximum absolute atomic E-state index is 11.6. The van der Waals surface area contributed by atoms with E-state index in [2.05, 4.69) is 6.92 Å². The first kappa shape index (κ1) is 9.99. The van der Waals surface area contributed by atoms with Crippen LogP contribution in [-0.4, -0.2) is 11.9 Å². The lowest BCUT2D eigenvalue weighted by Crippen LogP contribution is -2.31. The van der Waals surface area contributed by atoms with Gasteiger partial charge >= 0.3 is 0 Å². The topological polar surface area (TPSA) is 20.3 Å². The Morgan fingerprint density at radius 1 is 1.64 bits per heavy atom. The van der Waals surface area contributed by atoms with Crippen molar-refractivity contribution in [1.82, 2.24) is 0 Å². The Kier molecular flexibility index (Phi) is 2.79. The lowest BCUT2D eigenvalue weighted by molar-refractivity contribution is -0.117. The molecule has 1 saturated heterocycles. The first-order valence-corrected chi connectivity index (χ1v) is 5.99. The van der Waals surface area contributed by atoms with Crippen molar-refractivity contribution >= 4 is 33.8 Å². The summed E-state index contributed by atoms with van der Waals surface area (Å²) in [4.78, 5) is 13.5. The Bertz CT molecular complexity index is 350. The average molecular weight is 230 g/mol. The van der Waals surface area contributed by atoms with Crippen molar-refractivity contribution in [2.24, 2.45) is 0 Å². The van der Waals surface area contributed by atoms with E-state index in [-0.39, 0.29) is 5.91 Å². The molecule has 1 amide bonds. The van der Waals surface area contributed by atoms with E-state index in [1.807, 2.05) is 17.0 Å². The van der Waals surface area contributed by atoms with Gasteiger partial charge in [0, 0.05) is 12.5 Å². The number of nitrogens with zero attached hydrogens (tertiary/aromatic N) is 1. The minimum absolute atomic E-state index is 0.232. The third-order valence-corrected chi connectivity index (χ3v) is 3.82. The number of carbonyl (C=O) groups excluding carboxylic acids is 1. The summed E-state index contributed by atoms with van der Waals surface area (Å²) < 4.78 is 0.745. The highest BCUT2D eigenvalue weighted by molar-refractivity contribution is 7.20. The summed E-state index contributed by atoms with van der Waals surface area (Å²) in [5.74, 6) is 0.232. The molecule has 1 aliphatic heterocycles. The summed E-state index contributed by atoms with van der Waals surface area (Å²) in [6, 6.07) is 4.15. The van der Waals surface area contributed by atoms with Crippen LogP contribution in [0.2, 0.25) is 4.34 Å². The van der Waals surface area contributed by atoms with Crippen molar-refractivity contribution in [3.63, 3.8) is 0 Å². The van der Waals surface area contributed by atoms with E-state index in [1.54, 1.807) is 0 Å². The number of thiophene rings is 1. The van der Waals surface area contributed by atoms with E-state index in [0.29, 0.717) is 12.5 Å². The van der Waals surface area contributed by atoms with Crippen LogP contribution in [0.1, 0.15) is 26.2 Å². The summed E-state index contributed by atoms with van der Waals surface area (Å²) in [6.07, 6.45) is 2.67. The van der Waals surface area contributed by atoms with Crippen LogP contribution in [0, 0.1) is 0 Å². The van der Waals surface area contributed by atoms with Crippen molar-refractivity contribution in [3.8, 4) is 0 Å². The predicted octanol–water partition coefficient (Wildman–Crippen LogP) is 3.31. The van der Waals surface area contributed by atoms with Crippen molar-refractivity contribution in [1.29, 1.82) is 0 Å². The number of halogens is 1. The summed E-state index contributed by atoms with van der Waals surface area (Å²) in [7, 11) is 0. The van der Waals surface area contributed by atoms with Crippen molar-refractivity contribution < 1.29 is 4.79 Å². The van der Waals surface area contributed by atoms with Crippen LogP contribution in [-0.2, 0) is 4.79 Å². The fraction of sp³-hybridized carbons (Fsp3) is 0.500. The van der Waals surface area contributed by atoms with Crippen LogP contribution in [0.25, 0.3) is 0 Å². The molecule has 2 nitrogen and oxygen atoms in total. The maximum atomic E-state index is 11.6. The number of carbonyl (C=O) groups is 1. The summed E-state index contributed by atoms with van der Waals surface area (Å²) in [5.41, 5.74) is 0. The SMILES string of the molecule is CCC1CCC(=O)N1c1ccc(Cl)s1. The van der Waals surface area contributed by atoms with Gasteiger partial charge in [-0.25, -0.2) is 0 Å². The molecule has 2 heterocycles. The minimum atomic E-state index is 0.232. The van der Waals surface area contributed by atoms with Gasteiger partial charge in [-0.05, 0) is 25.0 Å². The van der Waals surface area contributed by atoms with Gasteiger partial charge in [-0.3, -0.25) is 4.79 Å². The van der Waals surface area contributed by atoms with E-state index in [0.717, 1.165) is 22.2 Å². The van der Waals surface area contributed by atoms with Crippen LogP contribution < -0.4 is 4.90 Å². The minimum Gasteiger partial charge on any atom is -0.301 e. The van der Waals surface area contributed by atoms with Crippen LogP contribution >= 0.6 is 22.9 Å². The Morgan fingerprint density at radius 2 is 2.43 bits per heavy atom. The molecule has 1 atom stereocenters. The monoisotopic (exact) mass is 229 g/mol. The summed E-state index contributed by atoms with van der Waals surface area (Å²) in [5, 5.41) is 0.990. The molecular formula is C10H12ClNOS. The quantitative estimate of drug-likeness (QED) is 0.762. The number of hydrogen-bond donors (Lipinski definition) is 0. The van der Waals surface area contributed by atoms with Crippen LogP contribution in [0.15, 0.2) is 12.1 Å². The zero-order valence-electron chi connectivity index (χ0n) is 8.00. The van der Waals surface area contributed by atoms with E-state index >= 15 is 0 Å². The Balaban J connectivity index is 2.27. The van der Waals surface area contributed by atoms with Crippen molar-refractivity contribution in [2.75, 3.05) is 4.90 Å². The standard InChI is InChI=1S/C10H12ClNOS/c1-2-7-3-5-9(13)12(7)10-6-4-8(11)14-10/h4,6-7H,2-3,5H2,1H3. The predicted molar refractivity (Wildman–Crippen MR) is 60.1 cm³/mol. The number of amides is 1. The fourth-order valence-corrected chi connectivity index (χ4v) is 2.99. The van der Waals surface area contributed by atoms with Gasteiger partial charge in [-0.1, -0.05) is 18.5 Å². The lowest BCUT2D eigenvalue weighted by Gasteiger charge is -2.21. The van der Waals surface area contributed by atoms with E-state index in [9.17, 15) is 4.79 Å². The normalized spacial score (nSPS) is 22.0. The van der Waals surface area contributed by atoms with Gasteiger partial charge in [-0.15, -0.1) is 11.3 Å². The van der Waals surface area contributed by atoms with Crippen molar-refractivity contribution in [3.05, 3.63) is 16.5 Å². The highest BCUT2D eigenvalue weighted by atomic mass is 35.5. The Labute approximate surface area is 92.5 Å². The molecule has 1 aromatic rings. The molecule has 0 aromatic carbocycles. The largest absolute Gasteiger partial charge is 0.301 e. The second kappa shape index (κ2) is 3.91.